The molecular formula is C28H42N2O4. The molecule has 1 fully saturated rings. The van der Waals surface area contributed by atoms with E-state index in [9.17, 15) is 4.79 Å². The van der Waals surface area contributed by atoms with Crippen LogP contribution in [0.3, 0.4) is 0 Å². The van der Waals surface area contributed by atoms with Crippen LogP contribution in [0, 0.1) is 18.8 Å². The number of amides is 1. The number of hydrogen-bond donors (Lipinski definition) is 0. The summed E-state index contributed by atoms with van der Waals surface area (Å²) in [6, 6.07) is 7.58. The first-order valence-corrected chi connectivity index (χ1v) is 12.4. The Morgan fingerprint density at radius 3 is 2.53 bits per heavy atom. The zero-order chi connectivity index (χ0) is 25.3. The van der Waals surface area contributed by atoms with Crippen molar-refractivity contribution in [2.75, 3.05) is 20.3 Å². The highest BCUT2D eigenvalue weighted by molar-refractivity contribution is 5.96. The number of nitrogens with zero attached hydrogens (tertiary/aromatic N) is 2. The molecule has 0 spiro atoms. The second-order valence-electron chi connectivity index (χ2n) is 11.4. The van der Waals surface area contributed by atoms with Crippen LogP contribution in [0.25, 0.3) is 0 Å². The molecular weight excluding hydrogens is 428 g/mol. The number of aromatic nitrogens is 1. The van der Waals surface area contributed by atoms with Crippen molar-refractivity contribution >= 4 is 5.91 Å². The summed E-state index contributed by atoms with van der Waals surface area (Å²) in [5.74, 6) is 2.04. The highest BCUT2D eigenvalue weighted by Crippen LogP contribution is 2.50. The maximum atomic E-state index is 14.3. The van der Waals surface area contributed by atoms with E-state index in [4.69, 9.17) is 14.0 Å². The van der Waals surface area contributed by atoms with Crippen LogP contribution in [0.1, 0.15) is 94.7 Å². The molecule has 6 heteroatoms. The fourth-order valence-electron chi connectivity index (χ4n) is 5.66. The van der Waals surface area contributed by atoms with Crippen LogP contribution in [0.4, 0.5) is 0 Å². The van der Waals surface area contributed by atoms with Crippen molar-refractivity contribution in [3.05, 3.63) is 46.8 Å². The van der Waals surface area contributed by atoms with Crippen LogP contribution in [-0.4, -0.2) is 41.8 Å². The second-order valence-corrected chi connectivity index (χ2v) is 11.4. The molecule has 0 unspecified atom stereocenters. The topological polar surface area (TPSA) is 64.8 Å². The number of benzene rings is 1. The normalized spacial score (nSPS) is 23.1. The quantitative estimate of drug-likeness (QED) is 0.451. The molecule has 1 saturated heterocycles. The molecule has 0 saturated carbocycles. The third-order valence-electron chi connectivity index (χ3n) is 6.82. The third-order valence-corrected chi connectivity index (χ3v) is 6.82. The van der Waals surface area contributed by atoms with Crippen molar-refractivity contribution < 1.29 is 18.8 Å². The van der Waals surface area contributed by atoms with E-state index < -0.39 is 0 Å². The fraction of sp³-hybridized carbons (Fsp3) is 0.643. The third kappa shape index (κ3) is 5.32. The number of hydrogen-bond acceptors (Lipinski definition) is 5. The van der Waals surface area contributed by atoms with Crippen LogP contribution in [0.5, 0.6) is 5.75 Å². The highest BCUT2D eigenvalue weighted by Gasteiger charge is 2.52. The Balaban J connectivity index is 2.11. The van der Waals surface area contributed by atoms with Crippen molar-refractivity contribution in [2.45, 2.75) is 85.2 Å². The van der Waals surface area contributed by atoms with E-state index in [0.717, 1.165) is 35.6 Å². The van der Waals surface area contributed by atoms with Gasteiger partial charge >= 0.3 is 0 Å². The Labute approximate surface area is 205 Å². The summed E-state index contributed by atoms with van der Waals surface area (Å²) in [7, 11) is 1.66. The maximum Gasteiger partial charge on any atom is 0.255 e. The van der Waals surface area contributed by atoms with E-state index in [2.05, 4.69) is 51.6 Å². The summed E-state index contributed by atoms with van der Waals surface area (Å²) < 4.78 is 17.0. The van der Waals surface area contributed by atoms with Crippen molar-refractivity contribution in [3.8, 4) is 5.75 Å². The van der Waals surface area contributed by atoms with Gasteiger partial charge in [0.05, 0.1) is 19.8 Å². The zero-order valence-electron chi connectivity index (χ0n) is 22.4. The predicted molar refractivity (Wildman–Crippen MR) is 134 cm³/mol. The van der Waals surface area contributed by atoms with Gasteiger partial charge in [0.2, 0.25) is 0 Å². The van der Waals surface area contributed by atoms with E-state index in [1.165, 1.54) is 0 Å². The first-order chi connectivity index (χ1) is 15.9. The van der Waals surface area contributed by atoms with Gasteiger partial charge in [-0.15, -0.1) is 0 Å². The molecule has 1 aliphatic heterocycles. The van der Waals surface area contributed by atoms with Gasteiger partial charge in [0.25, 0.3) is 5.91 Å². The Morgan fingerprint density at radius 2 is 2.00 bits per heavy atom. The molecule has 1 aromatic carbocycles. The van der Waals surface area contributed by atoms with Gasteiger partial charge in [0, 0.05) is 29.7 Å². The van der Waals surface area contributed by atoms with Gasteiger partial charge in [-0.05, 0) is 62.6 Å². The fourth-order valence-corrected chi connectivity index (χ4v) is 5.66. The zero-order valence-corrected chi connectivity index (χ0v) is 22.4. The first-order valence-electron chi connectivity index (χ1n) is 12.4. The predicted octanol–water partition coefficient (Wildman–Crippen LogP) is 6.33. The van der Waals surface area contributed by atoms with Crippen LogP contribution in [0.15, 0.2) is 28.8 Å². The standard InChI is InChI=1S/C28H42N2O4/c1-10-33-17-21-16-28(8,15-18(2)3)30(25(21)23-13-19(4)34-29-23)26(31)20-11-12-22(27(5,6)7)24(14-20)32-9/h11-14,18,21,25H,10,15-17H2,1-9H3/t21-,25-,28+/m1/s1. The van der Waals surface area contributed by atoms with Gasteiger partial charge in [-0.1, -0.05) is 45.8 Å². The Morgan fingerprint density at radius 1 is 1.29 bits per heavy atom. The SMILES string of the molecule is CCOC[C@H]1C[C@](C)(CC(C)C)N(C(=O)c2ccc(C(C)(C)C)c(OC)c2)[C@H]1c1cc(C)on1. The van der Waals surface area contributed by atoms with E-state index in [-0.39, 0.29) is 28.8 Å². The molecule has 1 aromatic heterocycles. The summed E-state index contributed by atoms with van der Waals surface area (Å²) in [6.45, 7) is 18.2. The lowest BCUT2D eigenvalue weighted by Crippen LogP contribution is -2.47. The summed E-state index contributed by atoms with van der Waals surface area (Å²) >= 11 is 0. The van der Waals surface area contributed by atoms with E-state index in [1.54, 1.807) is 7.11 Å². The minimum atomic E-state index is -0.333. The minimum absolute atomic E-state index is 0.00781. The molecule has 6 nitrogen and oxygen atoms in total. The summed E-state index contributed by atoms with van der Waals surface area (Å²) in [6.07, 6.45) is 1.75. The molecule has 2 heterocycles. The molecule has 3 atom stereocenters. The van der Waals surface area contributed by atoms with Gasteiger partial charge < -0.3 is 18.9 Å². The molecule has 2 aromatic rings. The molecule has 0 radical (unpaired) electrons. The summed E-state index contributed by atoms with van der Waals surface area (Å²) in [5, 5.41) is 4.36. The van der Waals surface area contributed by atoms with Crippen molar-refractivity contribution in [2.24, 2.45) is 11.8 Å². The number of likely N-dealkylation sites (tertiary alicyclic amines) is 1. The van der Waals surface area contributed by atoms with Gasteiger partial charge in [-0.2, -0.15) is 0 Å². The van der Waals surface area contributed by atoms with E-state index >= 15 is 0 Å². The average molecular weight is 471 g/mol. The highest BCUT2D eigenvalue weighted by atomic mass is 16.5. The van der Waals surface area contributed by atoms with Crippen molar-refractivity contribution in [1.29, 1.82) is 0 Å². The lowest BCUT2D eigenvalue weighted by atomic mass is 9.84. The lowest BCUT2D eigenvalue weighted by Gasteiger charge is -2.39. The van der Waals surface area contributed by atoms with E-state index in [0.29, 0.717) is 24.7 Å². The minimum Gasteiger partial charge on any atom is -0.496 e. The molecule has 0 bridgehead atoms. The van der Waals surface area contributed by atoms with Crippen LogP contribution < -0.4 is 4.74 Å². The Kier molecular flexibility index (Phi) is 7.81. The maximum absolute atomic E-state index is 14.3. The van der Waals surface area contributed by atoms with Crippen LogP contribution >= 0.6 is 0 Å². The van der Waals surface area contributed by atoms with E-state index in [1.807, 2.05) is 38.1 Å². The molecule has 34 heavy (non-hydrogen) atoms. The van der Waals surface area contributed by atoms with Gasteiger partial charge in [-0.3, -0.25) is 4.79 Å². The number of ether oxygens (including phenoxy) is 2. The van der Waals surface area contributed by atoms with Crippen LogP contribution in [0.2, 0.25) is 0 Å². The lowest BCUT2D eigenvalue weighted by molar-refractivity contribution is 0.0427. The first kappa shape index (κ1) is 26.3. The number of carbonyl (C=O) groups excluding carboxylic acids is 1. The summed E-state index contributed by atoms with van der Waals surface area (Å²) in [4.78, 5) is 16.3. The molecule has 1 aliphatic rings. The van der Waals surface area contributed by atoms with Gasteiger partial charge in [0.1, 0.15) is 17.2 Å². The number of aryl methyl sites for hydroxylation is 1. The second kappa shape index (κ2) is 10.1. The number of rotatable bonds is 8. The monoisotopic (exact) mass is 470 g/mol. The smallest absolute Gasteiger partial charge is 0.255 e. The van der Waals surface area contributed by atoms with Crippen molar-refractivity contribution in [3.63, 3.8) is 0 Å². The average Bonchev–Trinajstić information content (AvgIpc) is 3.30. The number of methoxy groups -OCH3 is 1. The molecule has 3 rings (SSSR count). The Hall–Kier alpha value is -2.34. The summed E-state index contributed by atoms with van der Waals surface area (Å²) in [5.41, 5.74) is 2.08. The molecule has 0 aliphatic carbocycles. The number of carbonyl (C=O) groups is 1. The largest absolute Gasteiger partial charge is 0.496 e. The van der Waals surface area contributed by atoms with Crippen LogP contribution in [-0.2, 0) is 10.2 Å². The molecule has 1 amide bonds. The Bertz CT molecular complexity index is 991. The van der Waals surface area contributed by atoms with Gasteiger partial charge in [-0.25, -0.2) is 0 Å². The molecule has 0 N–H and O–H groups in total. The van der Waals surface area contributed by atoms with Crippen molar-refractivity contribution in [1.82, 2.24) is 10.1 Å². The van der Waals surface area contributed by atoms with Gasteiger partial charge in [0.15, 0.2) is 0 Å². The molecule has 188 valence electrons.